The zero-order valence-electron chi connectivity index (χ0n) is 9.79. The van der Waals surface area contributed by atoms with Gasteiger partial charge in [-0.05, 0) is 0 Å². The van der Waals surface area contributed by atoms with E-state index in [4.69, 9.17) is 0 Å². The molecule has 8 heteroatoms. The van der Waals surface area contributed by atoms with Crippen molar-refractivity contribution in [3.05, 3.63) is 35.9 Å². The Labute approximate surface area is 106 Å². The topological polar surface area (TPSA) is 95.2 Å². The lowest BCUT2D eigenvalue weighted by atomic mass is 10.1. The molecule has 0 unspecified atom stereocenters. The summed E-state index contributed by atoms with van der Waals surface area (Å²) in [6, 6.07) is 1.34. The molecule has 2 rings (SSSR count). The zero-order chi connectivity index (χ0) is 13.8. The molecule has 0 saturated carbocycles. The molecule has 0 spiro atoms. The molecule has 98 valence electrons. The van der Waals surface area contributed by atoms with Crippen molar-refractivity contribution in [1.82, 2.24) is 15.1 Å². The fourth-order valence-corrected chi connectivity index (χ4v) is 1.30. The summed E-state index contributed by atoms with van der Waals surface area (Å²) in [6.45, 7) is 0. The number of halogens is 1. The lowest BCUT2D eigenvalue weighted by Gasteiger charge is -2.02. The molecule has 0 amide bonds. The fraction of sp³-hybridized carbons (Fsp3) is 0.182. The van der Waals surface area contributed by atoms with Crippen molar-refractivity contribution in [2.24, 2.45) is 0 Å². The third-order valence-electron chi connectivity index (χ3n) is 2.20. The Hall–Kier alpha value is -2.64. The van der Waals surface area contributed by atoms with Crippen LogP contribution < -0.4 is 4.74 Å². The number of Topliss-reactive ketones (excluding diaryl/α,β-unsaturated/α-hetero) is 2. The summed E-state index contributed by atoms with van der Waals surface area (Å²) in [5, 5.41) is 3.41. The van der Waals surface area contributed by atoms with Gasteiger partial charge in [-0.1, -0.05) is 5.16 Å². The minimum atomic E-state index is -0.790. The van der Waals surface area contributed by atoms with Crippen molar-refractivity contribution in [3.8, 4) is 5.88 Å². The summed E-state index contributed by atoms with van der Waals surface area (Å²) in [7, 11) is 1.21. The van der Waals surface area contributed by atoms with Crippen molar-refractivity contribution in [3.63, 3.8) is 0 Å². The van der Waals surface area contributed by atoms with Crippen molar-refractivity contribution in [2.75, 3.05) is 7.11 Å². The summed E-state index contributed by atoms with van der Waals surface area (Å²) >= 11 is 0. The second kappa shape index (κ2) is 5.34. The Kier molecular flexibility index (Phi) is 3.60. The van der Waals surface area contributed by atoms with Gasteiger partial charge in [0, 0.05) is 6.07 Å². The molecule has 0 atom stereocenters. The molecule has 0 aliphatic carbocycles. The van der Waals surface area contributed by atoms with E-state index in [9.17, 15) is 14.0 Å². The van der Waals surface area contributed by atoms with Crippen molar-refractivity contribution in [2.45, 2.75) is 6.42 Å². The Morgan fingerprint density at radius 1 is 1.42 bits per heavy atom. The predicted octanol–water partition coefficient (Wildman–Crippen LogP) is 1.07. The van der Waals surface area contributed by atoms with E-state index in [-0.39, 0.29) is 17.4 Å². The van der Waals surface area contributed by atoms with Crippen LogP contribution in [0.1, 0.15) is 27.5 Å². The summed E-state index contributed by atoms with van der Waals surface area (Å²) in [5.74, 6) is -2.64. The van der Waals surface area contributed by atoms with Gasteiger partial charge in [0.25, 0.3) is 5.88 Å². The van der Waals surface area contributed by atoms with Crippen LogP contribution in [0.3, 0.4) is 0 Å². The average molecular weight is 265 g/mol. The second-order valence-electron chi connectivity index (χ2n) is 3.46. The number of carbonyl (C=O) groups is 2. The van der Waals surface area contributed by atoms with Crippen LogP contribution in [0.2, 0.25) is 0 Å². The third-order valence-corrected chi connectivity index (χ3v) is 2.20. The highest BCUT2D eigenvalue weighted by Crippen LogP contribution is 2.12. The van der Waals surface area contributed by atoms with Crippen LogP contribution in [-0.4, -0.2) is 33.8 Å². The first-order chi connectivity index (χ1) is 9.11. The van der Waals surface area contributed by atoms with E-state index in [0.717, 1.165) is 6.20 Å². The number of rotatable bonds is 5. The number of hydrogen-bond donors (Lipinski definition) is 0. The summed E-state index contributed by atoms with van der Waals surface area (Å²) in [6.07, 6.45) is 1.54. The molecule has 7 nitrogen and oxygen atoms in total. The molecule has 2 aromatic heterocycles. The Bertz CT molecular complexity index is 612. The van der Waals surface area contributed by atoms with E-state index >= 15 is 0 Å². The van der Waals surface area contributed by atoms with E-state index in [1.165, 1.54) is 19.4 Å². The number of methoxy groups -OCH3 is 1. The van der Waals surface area contributed by atoms with E-state index in [1.54, 1.807) is 0 Å². The fourth-order valence-electron chi connectivity index (χ4n) is 1.30. The minimum Gasteiger partial charge on any atom is -0.479 e. The first-order valence-electron chi connectivity index (χ1n) is 5.15. The summed E-state index contributed by atoms with van der Waals surface area (Å²) < 4.78 is 22.2. The molecular weight excluding hydrogens is 257 g/mol. The number of nitrogens with zero attached hydrogens (tertiary/aromatic N) is 3. The van der Waals surface area contributed by atoms with Gasteiger partial charge in [-0.15, -0.1) is 0 Å². The quantitative estimate of drug-likeness (QED) is 0.589. The number of carbonyl (C=O) groups excluding carboxylic acids is 2. The van der Waals surface area contributed by atoms with Gasteiger partial charge in [0.1, 0.15) is 12.0 Å². The number of hydrogen-bond acceptors (Lipinski definition) is 7. The molecule has 0 saturated heterocycles. The largest absolute Gasteiger partial charge is 0.479 e. The van der Waals surface area contributed by atoms with Gasteiger partial charge in [0.15, 0.2) is 11.6 Å². The molecule has 0 fully saturated rings. The van der Waals surface area contributed by atoms with E-state index < -0.39 is 23.8 Å². The van der Waals surface area contributed by atoms with Crippen LogP contribution >= 0.6 is 0 Å². The molecule has 0 aliphatic heterocycles. The van der Waals surface area contributed by atoms with Crippen LogP contribution in [0.25, 0.3) is 0 Å². The predicted molar refractivity (Wildman–Crippen MR) is 58.3 cm³/mol. The Morgan fingerprint density at radius 3 is 2.84 bits per heavy atom. The molecule has 19 heavy (non-hydrogen) atoms. The summed E-state index contributed by atoms with van der Waals surface area (Å²) in [5.41, 5.74) is 0.0300. The molecule has 0 bridgehead atoms. The van der Waals surface area contributed by atoms with E-state index in [2.05, 4.69) is 24.4 Å². The number of ketones is 2. The molecule has 0 radical (unpaired) electrons. The maximum absolute atomic E-state index is 13.1. The van der Waals surface area contributed by atoms with Gasteiger partial charge in [-0.25, -0.2) is 4.98 Å². The van der Waals surface area contributed by atoms with E-state index in [1.807, 2.05) is 0 Å². The second-order valence-corrected chi connectivity index (χ2v) is 3.46. The molecule has 2 heterocycles. The SMILES string of the molecule is COc1nc(C(=O)CC(=O)c2ccon2)ncc1F. The highest BCUT2D eigenvalue weighted by Gasteiger charge is 2.19. The van der Waals surface area contributed by atoms with Crippen LogP contribution in [0.15, 0.2) is 23.0 Å². The molecule has 0 N–H and O–H groups in total. The number of aromatic nitrogens is 3. The minimum absolute atomic E-state index is 0.0300. The first kappa shape index (κ1) is 12.8. The Balaban J connectivity index is 2.14. The average Bonchev–Trinajstić information content (AvgIpc) is 2.93. The van der Waals surface area contributed by atoms with Crippen molar-refractivity contribution in [1.29, 1.82) is 0 Å². The zero-order valence-corrected chi connectivity index (χ0v) is 9.79. The Morgan fingerprint density at radius 2 is 2.21 bits per heavy atom. The monoisotopic (exact) mass is 265 g/mol. The maximum atomic E-state index is 13.1. The third kappa shape index (κ3) is 2.79. The smallest absolute Gasteiger partial charge is 0.253 e. The van der Waals surface area contributed by atoms with Gasteiger partial charge in [0.05, 0.1) is 19.7 Å². The van der Waals surface area contributed by atoms with Gasteiger partial charge in [-0.2, -0.15) is 9.37 Å². The van der Waals surface area contributed by atoms with Crippen molar-refractivity contribution < 1.29 is 23.2 Å². The van der Waals surface area contributed by atoms with Crippen LogP contribution in [0, 0.1) is 5.82 Å². The van der Waals surface area contributed by atoms with Gasteiger partial charge in [-0.3, -0.25) is 9.59 Å². The number of ether oxygens (including phenoxy) is 1. The highest BCUT2D eigenvalue weighted by atomic mass is 19.1. The normalized spacial score (nSPS) is 10.2. The van der Waals surface area contributed by atoms with Gasteiger partial charge in [0.2, 0.25) is 11.6 Å². The van der Waals surface area contributed by atoms with Crippen LogP contribution in [-0.2, 0) is 0 Å². The van der Waals surface area contributed by atoms with Gasteiger partial charge >= 0.3 is 0 Å². The first-order valence-corrected chi connectivity index (χ1v) is 5.15. The molecule has 0 aliphatic rings. The maximum Gasteiger partial charge on any atom is 0.253 e. The molecule has 0 aromatic carbocycles. The van der Waals surface area contributed by atoms with Crippen LogP contribution in [0.4, 0.5) is 4.39 Å². The van der Waals surface area contributed by atoms with Gasteiger partial charge < -0.3 is 9.26 Å². The van der Waals surface area contributed by atoms with Crippen LogP contribution in [0.5, 0.6) is 5.88 Å². The molecule has 2 aromatic rings. The summed E-state index contributed by atoms with van der Waals surface area (Å²) in [4.78, 5) is 30.4. The standard InChI is InChI=1S/C11H8FN3O4/c1-18-11-6(12)5-13-10(14-11)9(17)4-8(16)7-2-3-19-15-7/h2-3,5H,4H2,1H3. The lowest BCUT2D eigenvalue weighted by molar-refractivity contribution is 0.0882. The highest BCUT2D eigenvalue weighted by molar-refractivity contribution is 6.11. The molecular formula is C11H8FN3O4. The van der Waals surface area contributed by atoms with E-state index in [0.29, 0.717) is 0 Å². The lowest BCUT2D eigenvalue weighted by Crippen LogP contribution is -2.13. The van der Waals surface area contributed by atoms with Crippen molar-refractivity contribution >= 4 is 11.6 Å².